The fourth-order valence-electron chi connectivity index (χ4n) is 3.60. The second kappa shape index (κ2) is 7.78. The highest BCUT2D eigenvalue weighted by molar-refractivity contribution is 7.81. The average Bonchev–Trinajstić information content (AvgIpc) is 2.99. The van der Waals surface area contributed by atoms with Gasteiger partial charge in [0.15, 0.2) is 0 Å². The van der Waals surface area contributed by atoms with Crippen LogP contribution in [0, 0.1) is 11.3 Å². The first-order chi connectivity index (χ1) is 13.3. The third-order valence-corrected chi connectivity index (χ3v) is 8.80. The zero-order valence-corrected chi connectivity index (χ0v) is 16.0. The topological polar surface area (TPSA) is 36.1 Å². The maximum atomic E-state index is 9.08. The molecule has 0 saturated carbocycles. The van der Waals surface area contributed by atoms with Crippen LogP contribution in [-0.4, -0.2) is 6.16 Å². The molecule has 3 heteroatoms. The van der Waals surface area contributed by atoms with Crippen molar-refractivity contribution in [2.45, 2.75) is 12.8 Å². The second-order valence-electron chi connectivity index (χ2n) is 6.68. The molecule has 1 heterocycles. The summed E-state index contributed by atoms with van der Waals surface area (Å²) in [5.74, 6) is 0. The number of benzene rings is 3. The summed E-state index contributed by atoms with van der Waals surface area (Å²) >= 11 is 0. The zero-order chi connectivity index (χ0) is 18.5. The predicted molar refractivity (Wildman–Crippen MR) is 115 cm³/mol. The molecule has 3 aromatic carbocycles. The highest BCUT2D eigenvalue weighted by atomic mass is 31.2. The van der Waals surface area contributed by atoms with E-state index in [4.69, 9.17) is 10.0 Å². The van der Waals surface area contributed by atoms with Crippen LogP contribution in [0.25, 0.3) is 5.70 Å². The van der Waals surface area contributed by atoms with Gasteiger partial charge in [0.1, 0.15) is 0 Å². The molecular formula is C24H21N2P. The van der Waals surface area contributed by atoms with Crippen LogP contribution in [0.5, 0.6) is 0 Å². The molecular weight excluding hydrogens is 347 g/mol. The molecule has 132 valence electrons. The number of rotatable bonds is 3. The summed E-state index contributed by atoms with van der Waals surface area (Å²) in [5.41, 5.74) is 2.82. The Morgan fingerprint density at radius 3 is 1.93 bits per heavy atom. The van der Waals surface area contributed by atoms with Gasteiger partial charge in [0.25, 0.3) is 0 Å². The van der Waals surface area contributed by atoms with Gasteiger partial charge in [-0.15, -0.1) is 0 Å². The number of allylic oxidation sites excluding steroid dienone is 1. The third kappa shape index (κ3) is 3.52. The molecule has 4 rings (SSSR count). The van der Waals surface area contributed by atoms with Crippen molar-refractivity contribution in [3.05, 3.63) is 102 Å². The summed E-state index contributed by atoms with van der Waals surface area (Å²) in [5, 5.41) is 11.7. The van der Waals surface area contributed by atoms with Crippen molar-refractivity contribution in [2.24, 2.45) is 4.74 Å². The molecule has 0 unspecified atom stereocenters. The van der Waals surface area contributed by atoms with Crippen molar-refractivity contribution in [2.75, 3.05) is 6.16 Å². The summed E-state index contributed by atoms with van der Waals surface area (Å²) in [6.07, 6.45) is 5.49. The molecule has 2 nitrogen and oxygen atoms in total. The smallest absolute Gasteiger partial charge is 0.0991 e. The van der Waals surface area contributed by atoms with E-state index in [1.54, 1.807) is 0 Å². The molecule has 3 aromatic rings. The Balaban J connectivity index is 1.93. The Bertz CT molecular complexity index is 1000. The Hall–Kier alpha value is -2.88. The second-order valence-corrected chi connectivity index (χ2v) is 9.90. The van der Waals surface area contributed by atoms with E-state index in [0.717, 1.165) is 30.3 Å². The average molecular weight is 368 g/mol. The van der Waals surface area contributed by atoms with E-state index < -0.39 is 7.05 Å². The maximum Gasteiger partial charge on any atom is 0.0991 e. The largest absolute Gasteiger partial charge is 0.258 e. The highest BCUT2D eigenvalue weighted by Crippen LogP contribution is 2.52. The molecule has 0 radical (unpaired) electrons. The standard InChI is InChI=1S/C24H21N2P/c25-19-20-14-16-21(17-15-20)24-13-7-8-18-27(26-24,22-9-3-1-4-10-22)23-11-5-2-6-12-23/h1-6,9-17H,7-8,18H2. The fraction of sp³-hybridized carbons (Fsp3) is 0.125. The van der Waals surface area contributed by atoms with E-state index in [9.17, 15) is 0 Å². The minimum absolute atomic E-state index is 0.681. The molecule has 0 aromatic heterocycles. The SMILES string of the molecule is N#Cc1ccc(C2=CCCCP(c3ccccc3)(c3ccccc3)=N2)cc1. The molecule has 1 aliphatic rings. The van der Waals surface area contributed by atoms with Crippen LogP contribution in [0.2, 0.25) is 0 Å². The first kappa shape index (κ1) is 17.5. The van der Waals surface area contributed by atoms with Crippen molar-refractivity contribution in [3.8, 4) is 6.07 Å². The summed E-state index contributed by atoms with van der Waals surface area (Å²) in [7, 11) is -1.89. The Labute approximate surface area is 160 Å². The lowest BCUT2D eigenvalue weighted by atomic mass is 10.1. The minimum atomic E-state index is -1.89. The van der Waals surface area contributed by atoms with E-state index in [1.165, 1.54) is 10.6 Å². The van der Waals surface area contributed by atoms with E-state index >= 15 is 0 Å². The van der Waals surface area contributed by atoms with Gasteiger partial charge in [0.2, 0.25) is 0 Å². The Kier molecular flexibility index (Phi) is 5.05. The molecule has 0 atom stereocenters. The van der Waals surface area contributed by atoms with Crippen molar-refractivity contribution in [1.82, 2.24) is 0 Å². The summed E-state index contributed by atoms with van der Waals surface area (Å²) < 4.78 is 5.46. The highest BCUT2D eigenvalue weighted by Gasteiger charge is 2.26. The lowest BCUT2D eigenvalue weighted by molar-refractivity contribution is 0.972. The molecule has 0 fully saturated rings. The van der Waals surface area contributed by atoms with Crippen LogP contribution in [0.4, 0.5) is 0 Å². The van der Waals surface area contributed by atoms with Gasteiger partial charge in [-0.25, -0.2) is 0 Å². The number of hydrogen-bond acceptors (Lipinski definition) is 2. The van der Waals surface area contributed by atoms with E-state index in [-0.39, 0.29) is 0 Å². The number of nitrogens with zero attached hydrogens (tertiary/aromatic N) is 2. The van der Waals surface area contributed by atoms with Gasteiger partial charge in [-0.3, -0.25) is 4.74 Å². The monoisotopic (exact) mass is 368 g/mol. The van der Waals surface area contributed by atoms with Gasteiger partial charge >= 0.3 is 0 Å². The normalized spacial score (nSPS) is 15.7. The molecule has 0 spiro atoms. The van der Waals surface area contributed by atoms with Crippen LogP contribution >= 0.6 is 7.05 Å². The van der Waals surface area contributed by atoms with Gasteiger partial charge in [0.05, 0.1) is 17.3 Å². The van der Waals surface area contributed by atoms with Crippen molar-refractivity contribution in [1.29, 1.82) is 5.26 Å². The molecule has 27 heavy (non-hydrogen) atoms. The van der Waals surface area contributed by atoms with E-state index in [0.29, 0.717) is 5.56 Å². The summed E-state index contributed by atoms with van der Waals surface area (Å²) in [4.78, 5) is 0. The van der Waals surface area contributed by atoms with Gasteiger partial charge in [-0.05, 0) is 47.3 Å². The first-order valence-electron chi connectivity index (χ1n) is 9.25. The van der Waals surface area contributed by atoms with E-state index in [1.807, 2.05) is 24.3 Å². The molecule has 0 aliphatic carbocycles. The van der Waals surface area contributed by atoms with Gasteiger partial charge in [-0.2, -0.15) is 5.26 Å². The van der Waals surface area contributed by atoms with Crippen molar-refractivity contribution in [3.63, 3.8) is 0 Å². The number of nitriles is 1. The minimum Gasteiger partial charge on any atom is -0.258 e. The van der Waals surface area contributed by atoms with Crippen LogP contribution in [0.15, 0.2) is 95.8 Å². The number of hydrogen-bond donors (Lipinski definition) is 0. The summed E-state index contributed by atoms with van der Waals surface area (Å²) in [6, 6.07) is 31.5. The van der Waals surface area contributed by atoms with E-state index in [2.05, 4.69) is 72.8 Å². The molecule has 1 aliphatic heterocycles. The van der Waals surface area contributed by atoms with Crippen LogP contribution < -0.4 is 10.6 Å². The maximum absolute atomic E-state index is 9.08. The van der Waals surface area contributed by atoms with Crippen molar-refractivity contribution >= 4 is 23.4 Å². The van der Waals surface area contributed by atoms with Gasteiger partial charge in [0, 0.05) is 7.05 Å². The Morgan fingerprint density at radius 2 is 1.37 bits per heavy atom. The Morgan fingerprint density at radius 1 is 0.778 bits per heavy atom. The molecule has 0 saturated heterocycles. The van der Waals surface area contributed by atoms with Crippen LogP contribution in [0.3, 0.4) is 0 Å². The molecule has 0 bridgehead atoms. The van der Waals surface area contributed by atoms with Crippen molar-refractivity contribution < 1.29 is 0 Å². The molecule has 0 N–H and O–H groups in total. The van der Waals surface area contributed by atoms with Crippen LogP contribution in [0.1, 0.15) is 24.0 Å². The quantitative estimate of drug-likeness (QED) is 0.559. The van der Waals surface area contributed by atoms with Gasteiger partial charge in [-0.1, -0.05) is 78.9 Å². The van der Waals surface area contributed by atoms with Gasteiger partial charge < -0.3 is 0 Å². The predicted octanol–water partition coefficient (Wildman–Crippen LogP) is 5.55. The molecule has 0 amide bonds. The zero-order valence-electron chi connectivity index (χ0n) is 15.1. The lowest BCUT2D eigenvalue weighted by Crippen LogP contribution is -2.18. The first-order valence-corrected chi connectivity index (χ1v) is 11.2. The van der Waals surface area contributed by atoms with Crippen LogP contribution in [-0.2, 0) is 0 Å². The third-order valence-electron chi connectivity index (χ3n) is 4.98. The summed E-state index contributed by atoms with van der Waals surface area (Å²) in [6.45, 7) is 0. The fourth-order valence-corrected chi connectivity index (χ4v) is 7.28. The lowest BCUT2D eigenvalue weighted by Gasteiger charge is -2.25.